The number of rotatable bonds is 1. The second-order valence-corrected chi connectivity index (χ2v) is 6.13. The number of hydrogen-bond acceptors (Lipinski definition) is 1. The number of fused-ring (bicyclic) bond motifs is 1. The number of nitrogens with zero attached hydrogens (tertiary/aromatic N) is 1. The highest BCUT2D eigenvalue weighted by Crippen LogP contribution is 2.27. The molecular formula is C14H9BrClFN2S. The van der Waals surface area contributed by atoms with Crippen molar-refractivity contribution in [2.45, 2.75) is 6.92 Å². The lowest BCUT2D eigenvalue weighted by Crippen LogP contribution is -1.94. The second kappa shape index (κ2) is 4.98. The van der Waals surface area contributed by atoms with Crippen LogP contribution in [0, 0.1) is 17.5 Å². The first-order valence-electron chi connectivity index (χ1n) is 5.83. The zero-order valence-corrected chi connectivity index (χ0v) is 13.5. The lowest BCUT2D eigenvalue weighted by atomic mass is 10.2. The fourth-order valence-electron chi connectivity index (χ4n) is 2.08. The summed E-state index contributed by atoms with van der Waals surface area (Å²) in [5.74, 6) is -0.331. The highest BCUT2D eigenvalue weighted by Gasteiger charge is 2.11. The summed E-state index contributed by atoms with van der Waals surface area (Å²) >= 11 is 14.7. The molecule has 0 unspecified atom stereocenters. The van der Waals surface area contributed by atoms with E-state index in [-0.39, 0.29) is 5.82 Å². The van der Waals surface area contributed by atoms with Crippen LogP contribution >= 0.6 is 39.7 Å². The largest absolute Gasteiger partial charge is 0.330 e. The van der Waals surface area contributed by atoms with Crippen molar-refractivity contribution in [1.82, 2.24) is 9.55 Å². The molecule has 0 aliphatic rings. The molecule has 0 bridgehead atoms. The summed E-state index contributed by atoms with van der Waals surface area (Å²) in [6.07, 6.45) is 0. The van der Waals surface area contributed by atoms with E-state index in [2.05, 4.69) is 20.9 Å². The normalized spacial score (nSPS) is 11.2. The van der Waals surface area contributed by atoms with Crippen LogP contribution in [0.15, 0.2) is 34.8 Å². The third kappa shape index (κ3) is 2.20. The number of nitrogens with one attached hydrogen (secondary N) is 1. The van der Waals surface area contributed by atoms with Crippen LogP contribution in [0.4, 0.5) is 4.39 Å². The molecule has 1 heterocycles. The van der Waals surface area contributed by atoms with E-state index in [1.54, 1.807) is 6.07 Å². The molecule has 0 aliphatic heterocycles. The van der Waals surface area contributed by atoms with Crippen molar-refractivity contribution in [2.75, 3.05) is 0 Å². The quantitative estimate of drug-likeness (QED) is 0.556. The van der Waals surface area contributed by atoms with Gasteiger partial charge in [0.1, 0.15) is 5.82 Å². The van der Waals surface area contributed by atoms with Crippen LogP contribution in [-0.2, 0) is 0 Å². The average Bonchev–Trinajstić information content (AvgIpc) is 2.69. The molecule has 6 heteroatoms. The highest BCUT2D eigenvalue weighted by atomic mass is 79.9. The number of aromatic nitrogens is 2. The van der Waals surface area contributed by atoms with E-state index in [9.17, 15) is 4.39 Å². The van der Waals surface area contributed by atoms with Crippen molar-refractivity contribution < 1.29 is 4.39 Å². The summed E-state index contributed by atoms with van der Waals surface area (Å²) in [5.41, 5.74) is 3.28. The minimum absolute atomic E-state index is 0.331. The Morgan fingerprint density at radius 3 is 2.75 bits per heavy atom. The number of aryl methyl sites for hydroxylation is 1. The van der Waals surface area contributed by atoms with Crippen LogP contribution in [0.2, 0.25) is 5.02 Å². The summed E-state index contributed by atoms with van der Waals surface area (Å²) in [6, 6.07) is 8.82. The molecule has 20 heavy (non-hydrogen) atoms. The molecule has 1 aromatic heterocycles. The zero-order chi connectivity index (χ0) is 14.4. The second-order valence-electron chi connectivity index (χ2n) is 4.48. The Bertz CT molecular complexity index is 885. The predicted molar refractivity (Wildman–Crippen MR) is 85.9 cm³/mol. The summed E-state index contributed by atoms with van der Waals surface area (Å²) < 4.78 is 16.3. The van der Waals surface area contributed by atoms with Gasteiger partial charge in [-0.15, -0.1) is 0 Å². The predicted octanol–water partition coefficient (Wildman–Crippen LogP) is 5.55. The van der Waals surface area contributed by atoms with E-state index in [4.69, 9.17) is 23.8 Å². The topological polar surface area (TPSA) is 20.7 Å². The van der Waals surface area contributed by atoms with Gasteiger partial charge in [-0.1, -0.05) is 17.7 Å². The van der Waals surface area contributed by atoms with Gasteiger partial charge >= 0.3 is 0 Å². The highest BCUT2D eigenvalue weighted by molar-refractivity contribution is 9.10. The van der Waals surface area contributed by atoms with Crippen molar-refractivity contribution in [3.8, 4) is 5.69 Å². The van der Waals surface area contributed by atoms with Crippen molar-refractivity contribution in [2.24, 2.45) is 0 Å². The molecule has 102 valence electrons. The van der Waals surface area contributed by atoms with Crippen LogP contribution in [0.5, 0.6) is 0 Å². The molecule has 0 saturated heterocycles. The number of H-pyrrole nitrogens is 1. The Kier molecular flexibility index (Phi) is 3.44. The molecule has 0 spiro atoms. The maximum atomic E-state index is 13.6. The van der Waals surface area contributed by atoms with Gasteiger partial charge in [-0.25, -0.2) is 4.39 Å². The van der Waals surface area contributed by atoms with Gasteiger partial charge in [-0.2, -0.15) is 0 Å². The van der Waals surface area contributed by atoms with E-state index < -0.39 is 0 Å². The van der Waals surface area contributed by atoms with Crippen LogP contribution in [0.25, 0.3) is 16.7 Å². The fourth-order valence-corrected chi connectivity index (χ4v) is 2.90. The molecule has 0 atom stereocenters. The summed E-state index contributed by atoms with van der Waals surface area (Å²) in [4.78, 5) is 3.00. The summed E-state index contributed by atoms with van der Waals surface area (Å²) in [5, 5.41) is 0.667. The molecule has 2 aromatic carbocycles. The number of imidazole rings is 1. The van der Waals surface area contributed by atoms with E-state index >= 15 is 0 Å². The molecule has 3 aromatic rings. The average molecular weight is 372 g/mol. The van der Waals surface area contributed by atoms with E-state index in [0.29, 0.717) is 19.8 Å². The Hall–Kier alpha value is -1.17. The fraction of sp³-hybridized carbons (Fsp3) is 0.0714. The zero-order valence-electron chi connectivity index (χ0n) is 10.4. The maximum absolute atomic E-state index is 13.6. The maximum Gasteiger partial charge on any atom is 0.182 e. The van der Waals surface area contributed by atoms with Crippen LogP contribution in [0.3, 0.4) is 0 Å². The van der Waals surface area contributed by atoms with Crippen molar-refractivity contribution in [3.63, 3.8) is 0 Å². The third-order valence-corrected chi connectivity index (χ3v) is 4.44. The first-order chi connectivity index (χ1) is 9.47. The number of halogens is 3. The molecule has 2 nitrogen and oxygen atoms in total. The lowest BCUT2D eigenvalue weighted by molar-refractivity contribution is 0.623. The SMILES string of the molecule is Cc1ccc(-n2c(=S)[nH]c3cc(F)c(Br)cc32)cc1Cl. The first kappa shape index (κ1) is 13.8. The van der Waals surface area contributed by atoms with Crippen molar-refractivity contribution >= 4 is 50.8 Å². The molecule has 0 aliphatic carbocycles. The minimum Gasteiger partial charge on any atom is -0.330 e. The molecule has 3 rings (SSSR count). The number of aromatic amines is 1. The molecule has 1 N–H and O–H groups in total. The number of benzene rings is 2. The van der Waals surface area contributed by atoms with Gasteiger partial charge in [-0.3, -0.25) is 4.57 Å². The third-order valence-electron chi connectivity index (χ3n) is 3.14. The van der Waals surface area contributed by atoms with Gasteiger partial charge in [0, 0.05) is 16.8 Å². The molecule has 0 fully saturated rings. The Labute approximate surface area is 133 Å². The minimum atomic E-state index is -0.331. The Balaban J connectivity index is 2.35. The summed E-state index contributed by atoms with van der Waals surface area (Å²) in [7, 11) is 0. The smallest absolute Gasteiger partial charge is 0.182 e. The van der Waals surface area contributed by atoms with Crippen LogP contribution in [0.1, 0.15) is 5.56 Å². The standard InChI is InChI=1S/C14H9BrClFN2S/c1-7-2-3-8(4-10(7)16)19-13-5-9(15)11(17)6-12(13)18-14(19)20/h2-6H,1H3,(H,18,20). The molecule has 0 amide bonds. The number of hydrogen-bond donors (Lipinski definition) is 1. The molecule has 0 saturated carbocycles. The molecule has 0 radical (unpaired) electrons. The van der Waals surface area contributed by atoms with Crippen molar-refractivity contribution in [3.05, 3.63) is 56.0 Å². The Morgan fingerprint density at radius 1 is 1.30 bits per heavy atom. The van der Waals surface area contributed by atoms with Crippen molar-refractivity contribution in [1.29, 1.82) is 0 Å². The monoisotopic (exact) mass is 370 g/mol. The molecular weight excluding hydrogens is 363 g/mol. The van der Waals surface area contributed by atoms with Crippen LogP contribution in [-0.4, -0.2) is 9.55 Å². The van der Waals surface area contributed by atoms with Gasteiger partial charge in [-0.05, 0) is 58.8 Å². The van der Waals surface area contributed by atoms with E-state index in [1.807, 2.05) is 29.7 Å². The van der Waals surface area contributed by atoms with E-state index in [1.165, 1.54) is 6.07 Å². The van der Waals surface area contributed by atoms with Gasteiger partial charge in [0.05, 0.1) is 15.5 Å². The van der Waals surface area contributed by atoms with Gasteiger partial charge in [0.25, 0.3) is 0 Å². The summed E-state index contributed by atoms with van der Waals surface area (Å²) in [6.45, 7) is 1.94. The van der Waals surface area contributed by atoms with Gasteiger partial charge < -0.3 is 4.98 Å². The lowest BCUT2D eigenvalue weighted by Gasteiger charge is -2.07. The van der Waals surface area contributed by atoms with Gasteiger partial charge in [0.15, 0.2) is 4.77 Å². The Morgan fingerprint density at radius 2 is 2.05 bits per heavy atom. The first-order valence-corrected chi connectivity index (χ1v) is 7.41. The van der Waals surface area contributed by atoms with Crippen LogP contribution < -0.4 is 0 Å². The van der Waals surface area contributed by atoms with Gasteiger partial charge in [0.2, 0.25) is 0 Å². The van der Waals surface area contributed by atoms with E-state index in [0.717, 1.165) is 16.8 Å².